The smallest absolute Gasteiger partial charge is 0.332 e. The van der Waals surface area contributed by atoms with Crippen LogP contribution in [0, 0.1) is 0 Å². The fourth-order valence-corrected chi connectivity index (χ4v) is 4.14. The first-order valence-corrected chi connectivity index (χ1v) is 11.0. The number of hydrogen-bond donors (Lipinski definition) is 1. The Bertz CT molecular complexity index is 1080. The second kappa shape index (κ2) is 10.2. The predicted octanol–water partition coefficient (Wildman–Crippen LogP) is 1.54. The molecule has 3 heterocycles. The number of ether oxygens (including phenoxy) is 4. The summed E-state index contributed by atoms with van der Waals surface area (Å²) in [5, 5.41) is 0. The highest BCUT2D eigenvalue weighted by atomic mass is 16.6. The van der Waals surface area contributed by atoms with Crippen LogP contribution < -0.4 is 16.2 Å². The molecule has 4 atom stereocenters. The van der Waals surface area contributed by atoms with E-state index in [-0.39, 0.29) is 23.9 Å². The molecule has 12 nitrogen and oxygen atoms in total. The zero-order chi connectivity index (χ0) is 24.3. The number of aryl methyl sites for hydroxylation is 1. The minimum atomic E-state index is -1.000. The van der Waals surface area contributed by atoms with E-state index in [1.165, 1.54) is 30.1 Å². The average molecular weight is 466 g/mol. The van der Waals surface area contributed by atoms with E-state index in [2.05, 4.69) is 9.97 Å². The van der Waals surface area contributed by atoms with E-state index in [0.29, 0.717) is 18.5 Å². The topological polar surface area (TPSA) is 150 Å². The average Bonchev–Trinajstić information content (AvgIpc) is 3.26. The molecule has 0 bridgehead atoms. The third-order valence-corrected chi connectivity index (χ3v) is 5.52. The Morgan fingerprint density at radius 3 is 2.55 bits per heavy atom. The molecule has 2 aromatic heterocycles. The summed E-state index contributed by atoms with van der Waals surface area (Å²) in [6.45, 7) is 6.87. The Kier molecular flexibility index (Phi) is 7.57. The quantitative estimate of drug-likeness (QED) is 0.540. The highest BCUT2D eigenvalue weighted by Crippen LogP contribution is 2.36. The lowest BCUT2D eigenvalue weighted by Crippen LogP contribution is -2.34. The first-order chi connectivity index (χ1) is 15.7. The Morgan fingerprint density at radius 1 is 1.24 bits per heavy atom. The van der Waals surface area contributed by atoms with Crippen molar-refractivity contribution in [3.63, 3.8) is 0 Å². The molecule has 33 heavy (non-hydrogen) atoms. The number of methoxy groups -OCH3 is 1. The SMILES string of the molecule is CCCCn1c(=O)n([C@@H]2O[C@H](C(CC)OC(C)=O)C[C@H]2OC(C)=O)c2nc(N)nc(OC)c21. The molecule has 0 spiro atoms. The van der Waals surface area contributed by atoms with E-state index in [0.717, 1.165) is 12.8 Å². The van der Waals surface area contributed by atoms with Crippen molar-refractivity contribution in [1.29, 1.82) is 0 Å². The Hall–Kier alpha value is -3.15. The van der Waals surface area contributed by atoms with Gasteiger partial charge < -0.3 is 24.7 Å². The minimum Gasteiger partial charge on any atom is -0.479 e. The molecule has 1 unspecified atom stereocenters. The van der Waals surface area contributed by atoms with Gasteiger partial charge in [0.25, 0.3) is 0 Å². The number of rotatable bonds is 9. The van der Waals surface area contributed by atoms with Crippen LogP contribution in [0.5, 0.6) is 5.88 Å². The molecule has 0 radical (unpaired) electrons. The van der Waals surface area contributed by atoms with Crippen molar-refractivity contribution in [3.8, 4) is 5.88 Å². The van der Waals surface area contributed by atoms with Gasteiger partial charge in [-0.15, -0.1) is 0 Å². The lowest BCUT2D eigenvalue weighted by Gasteiger charge is -2.22. The molecule has 0 aliphatic carbocycles. The molecule has 0 amide bonds. The van der Waals surface area contributed by atoms with Crippen molar-refractivity contribution in [2.24, 2.45) is 0 Å². The van der Waals surface area contributed by atoms with Gasteiger partial charge in [0.2, 0.25) is 11.8 Å². The van der Waals surface area contributed by atoms with Gasteiger partial charge in [-0.25, -0.2) is 9.36 Å². The molecule has 1 saturated heterocycles. The number of carbonyl (C=O) groups is 2. The molecule has 1 aliphatic heterocycles. The number of aromatic nitrogens is 4. The van der Waals surface area contributed by atoms with Crippen LogP contribution >= 0.6 is 0 Å². The Morgan fingerprint density at radius 2 is 1.97 bits per heavy atom. The molecular formula is C21H31N5O7. The van der Waals surface area contributed by atoms with Gasteiger partial charge in [0.15, 0.2) is 17.4 Å². The first kappa shape index (κ1) is 24.5. The number of unbranched alkanes of at least 4 members (excludes halogenated alkanes) is 1. The van der Waals surface area contributed by atoms with Crippen molar-refractivity contribution in [1.82, 2.24) is 19.1 Å². The van der Waals surface area contributed by atoms with Crippen LogP contribution in [-0.2, 0) is 30.3 Å². The number of nitrogen functional groups attached to an aromatic ring is 1. The maximum atomic E-state index is 13.6. The molecule has 1 fully saturated rings. The summed E-state index contributed by atoms with van der Waals surface area (Å²) < 4.78 is 25.3. The van der Waals surface area contributed by atoms with E-state index in [9.17, 15) is 14.4 Å². The third-order valence-electron chi connectivity index (χ3n) is 5.52. The molecule has 182 valence electrons. The van der Waals surface area contributed by atoms with E-state index in [1.54, 1.807) is 0 Å². The molecule has 2 N–H and O–H groups in total. The maximum Gasteiger partial charge on any atom is 0.332 e. The van der Waals surface area contributed by atoms with Crippen LogP contribution in [0.25, 0.3) is 11.2 Å². The minimum absolute atomic E-state index is 0.0781. The van der Waals surface area contributed by atoms with Crippen LogP contribution in [0.4, 0.5) is 5.95 Å². The lowest BCUT2D eigenvalue weighted by molar-refractivity contribution is -0.158. The molecule has 0 saturated carbocycles. The van der Waals surface area contributed by atoms with E-state index in [4.69, 9.17) is 24.7 Å². The van der Waals surface area contributed by atoms with Crippen molar-refractivity contribution in [2.75, 3.05) is 12.8 Å². The van der Waals surface area contributed by atoms with Crippen LogP contribution in [0.15, 0.2) is 4.79 Å². The highest BCUT2D eigenvalue weighted by molar-refractivity contribution is 5.78. The Labute approximate surface area is 191 Å². The van der Waals surface area contributed by atoms with Crippen LogP contribution in [0.2, 0.25) is 0 Å². The van der Waals surface area contributed by atoms with Crippen LogP contribution in [0.3, 0.4) is 0 Å². The number of imidazole rings is 1. The number of hydrogen-bond acceptors (Lipinski definition) is 10. The van der Waals surface area contributed by atoms with Gasteiger partial charge in [0.05, 0.1) is 7.11 Å². The van der Waals surface area contributed by atoms with Gasteiger partial charge in [-0.3, -0.25) is 14.2 Å². The van der Waals surface area contributed by atoms with Gasteiger partial charge in [-0.05, 0) is 12.8 Å². The largest absolute Gasteiger partial charge is 0.479 e. The molecular weight excluding hydrogens is 434 g/mol. The molecule has 12 heteroatoms. The van der Waals surface area contributed by atoms with Gasteiger partial charge in [-0.2, -0.15) is 9.97 Å². The summed E-state index contributed by atoms with van der Waals surface area (Å²) in [6.07, 6.45) is -0.641. The summed E-state index contributed by atoms with van der Waals surface area (Å²) in [5.74, 6) is -0.888. The zero-order valence-corrected chi connectivity index (χ0v) is 19.6. The highest BCUT2D eigenvalue weighted by Gasteiger charge is 2.45. The molecule has 2 aromatic rings. The van der Waals surface area contributed by atoms with Gasteiger partial charge in [0, 0.05) is 26.8 Å². The number of nitrogens with two attached hydrogens (primary N) is 1. The lowest BCUT2D eigenvalue weighted by atomic mass is 10.1. The van der Waals surface area contributed by atoms with Crippen molar-refractivity contribution < 1.29 is 28.5 Å². The van der Waals surface area contributed by atoms with Crippen molar-refractivity contribution in [3.05, 3.63) is 10.5 Å². The number of esters is 2. The summed E-state index contributed by atoms with van der Waals surface area (Å²) in [6, 6.07) is 0. The van der Waals surface area contributed by atoms with E-state index < -0.39 is 42.2 Å². The monoisotopic (exact) mass is 465 g/mol. The first-order valence-electron chi connectivity index (χ1n) is 11.0. The predicted molar refractivity (Wildman–Crippen MR) is 118 cm³/mol. The van der Waals surface area contributed by atoms with Crippen LogP contribution in [0.1, 0.15) is 59.6 Å². The van der Waals surface area contributed by atoms with E-state index >= 15 is 0 Å². The zero-order valence-electron chi connectivity index (χ0n) is 19.6. The van der Waals surface area contributed by atoms with Crippen LogP contribution in [-0.4, -0.2) is 56.5 Å². The van der Waals surface area contributed by atoms with Gasteiger partial charge >= 0.3 is 17.6 Å². The fourth-order valence-electron chi connectivity index (χ4n) is 4.14. The summed E-state index contributed by atoms with van der Waals surface area (Å²) in [5.41, 5.74) is 6.06. The molecule has 1 aliphatic rings. The van der Waals surface area contributed by atoms with E-state index in [1.807, 2.05) is 13.8 Å². The summed E-state index contributed by atoms with van der Waals surface area (Å²) in [7, 11) is 1.43. The van der Waals surface area contributed by atoms with Gasteiger partial charge in [-0.1, -0.05) is 20.3 Å². The molecule has 3 rings (SSSR count). The van der Waals surface area contributed by atoms with Crippen molar-refractivity contribution in [2.45, 2.75) is 84.5 Å². The number of fused-ring (bicyclic) bond motifs is 1. The number of nitrogens with zero attached hydrogens (tertiary/aromatic N) is 4. The standard InChI is InChI=1S/C21H31N5O7/c1-6-8-9-25-16-17(23-20(22)24-18(16)30-5)26(21(25)29)19-15(32-12(4)28)10-14(33-19)13(7-2)31-11(3)27/h13-15,19H,6-10H2,1-5H3,(H2,22,23,24)/t13?,14-,15+,19+/m0/s1. The Balaban J connectivity index is 2.16. The summed E-state index contributed by atoms with van der Waals surface area (Å²) >= 11 is 0. The van der Waals surface area contributed by atoms with Crippen molar-refractivity contribution >= 4 is 29.1 Å². The number of anilines is 1. The third kappa shape index (κ3) is 4.95. The second-order valence-electron chi connectivity index (χ2n) is 7.93. The maximum absolute atomic E-state index is 13.6. The number of carbonyl (C=O) groups excluding carboxylic acids is 2. The molecule has 0 aromatic carbocycles. The van der Waals surface area contributed by atoms with Gasteiger partial charge in [0.1, 0.15) is 18.3 Å². The normalized spacial score (nSPS) is 21.2. The second-order valence-corrected chi connectivity index (χ2v) is 7.93. The summed E-state index contributed by atoms with van der Waals surface area (Å²) in [4.78, 5) is 45.4. The fraction of sp³-hybridized carbons (Fsp3) is 0.667.